The van der Waals surface area contributed by atoms with E-state index in [-0.39, 0.29) is 5.60 Å². The molecule has 0 saturated carbocycles. The summed E-state index contributed by atoms with van der Waals surface area (Å²) in [6.07, 6.45) is 0. The summed E-state index contributed by atoms with van der Waals surface area (Å²) in [6.45, 7) is 3.07. The smallest absolute Gasteiger partial charge is 0.0978 e. The van der Waals surface area contributed by atoms with Crippen LogP contribution in [-0.4, -0.2) is 18.0 Å². The van der Waals surface area contributed by atoms with Crippen LogP contribution in [0.25, 0.3) is 0 Å². The van der Waals surface area contributed by atoms with Crippen LogP contribution in [0.4, 0.5) is 0 Å². The molecule has 1 unspecified atom stereocenters. The Morgan fingerprint density at radius 2 is 2.07 bits per heavy atom. The standard InChI is InChI=1S/C11H13ClOS/c1-11(7-13-11)8-14-6-9-2-4-10(12)5-3-9/h2-5H,6-8H2,1H3. The summed E-state index contributed by atoms with van der Waals surface area (Å²) >= 11 is 7.72. The van der Waals surface area contributed by atoms with E-state index >= 15 is 0 Å². The molecule has 0 amide bonds. The molecule has 1 aliphatic rings. The van der Waals surface area contributed by atoms with Crippen molar-refractivity contribution in [2.75, 3.05) is 12.4 Å². The molecule has 1 nitrogen and oxygen atoms in total. The Balaban J connectivity index is 1.77. The van der Waals surface area contributed by atoms with Gasteiger partial charge in [-0.3, -0.25) is 0 Å². The first-order valence-electron chi connectivity index (χ1n) is 4.64. The second kappa shape index (κ2) is 4.13. The lowest BCUT2D eigenvalue weighted by molar-refractivity contribution is 0.348. The molecule has 1 saturated heterocycles. The maximum Gasteiger partial charge on any atom is 0.0978 e. The van der Waals surface area contributed by atoms with Gasteiger partial charge < -0.3 is 4.74 Å². The van der Waals surface area contributed by atoms with E-state index < -0.39 is 0 Å². The van der Waals surface area contributed by atoms with Crippen LogP contribution in [0.2, 0.25) is 5.02 Å². The Kier molecular flexibility index (Phi) is 3.05. The molecule has 0 bridgehead atoms. The predicted octanol–water partition coefficient (Wildman–Crippen LogP) is 3.36. The Labute approximate surface area is 93.8 Å². The molecule has 0 N–H and O–H groups in total. The highest BCUT2D eigenvalue weighted by Gasteiger charge is 2.38. The number of rotatable bonds is 4. The summed E-state index contributed by atoms with van der Waals surface area (Å²) in [5.74, 6) is 2.12. The molecular weight excluding hydrogens is 216 g/mol. The van der Waals surface area contributed by atoms with Gasteiger partial charge in [0, 0.05) is 16.5 Å². The van der Waals surface area contributed by atoms with Crippen molar-refractivity contribution in [2.45, 2.75) is 18.3 Å². The van der Waals surface area contributed by atoms with Crippen molar-refractivity contribution in [3.63, 3.8) is 0 Å². The average Bonchev–Trinajstić information content (AvgIpc) is 2.88. The first kappa shape index (κ1) is 10.3. The molecule has 0 aliphatic carbocycles. The SMILES string of the molecule is CC1(CSCc2ccc(Cl)cc2)CO1. The largest absolute Gasteiger partial charge is 0.369 e. The summed E-state index contributed by atoms with van der Waals surface area (Å²) in [6, 6.07) is 8.02. The Hall–Kier alpha value is -0.180. The molecule has 14 heavy (non-hydrogen) atoms. The van der Waals surface area contributed by atoms with Gasteiger partial charge in [-0.2, -0.15) is 11.8 Å². The molecule has 1 aromatic carbocycles. The Morgan fingerprint density at radius 3 is 2.64 bits per heavy atom. The first-order valence-corrected chi connectivity index (χ1v) is 6.17. The summed E-state index contributed by atoms with van der Waals surface area (Å²) in [5.41, 5.74) is 1.49. The minimum absolute atomic E-state index is 0.164. The Morgan fingerprint density at radius 1 is 1.43 bits per heavy atom. The van der Waals surface area contributed by atoms with Crippen LogP contribution >= 0.6 is 23.4 Å². The number of epoxide rings is 1. The van der Waals surface area contributed by atoms with E-state index in [1.165, 1.54) is 5.56 Å². The second-order valence-corrected chi connectivity index (χ2v) is 5.28. The van der Waals surface area contributed by atoms with Gasteiger partial charge in [-0.1, -0.05) is 23.7 Å². The molecule has 0 aromatic heterocycles. The minimum atomic E-state index is 0.164. The predicted molar refractivity (Wildman–Crippen MR) is 62.0 cm³/mol. The molecule has 1 atom stereocenters. The molecule has 2 rings (SSSR count). The molecule has 1 aromatic rings. The van der Waals surface area contributed by atoms with Crippen molar-refractivity contribution in [3.05, 3.63) is 34.9 Å². The van der Waals surface area contributed by atoms with E-state index in [1.54, 1.807) is 0 Å². The lowest BCUT2D eigenvalue weighted by Gasteiger charge is -2.04. The summed E-state index contributed by atoms with van der Waals surface area (Å²) in [7, 11) is 0. The molecule has 1 heterocycles. The number of halogens is 1. The number of ether oxygens (including phenoxy) is 1. The maximum atomic E-state index is 5.80. The van der Waals surface area contributed by atoms with Gasteiger partial charge in [0.05, 0.1) is 12.2 Å². The third kappa shape index (κ3) is 2.91. The molecule has 3 heteroatoms. The normalized spacial score (nSPS) is 25.0. The fourth-order valence-electron chi connectivity index (χ4n) is 1.17. The topological polar surface area (TPSA) is 12.5 Å². The third-order valence-corrected chi connectivity index (χ3v) is 3.83. The van der Waals surface area contributed by atoms with Gasteiger partial charge in [-0.25, -0.2) is 0 Å². The van der Waals surface area contributed by atoms with E-state index in [1.807, 2.05) is 23.9 Å². The Bertz CT molecular complexity index is 306. The zero-order chi connectivity index (χ0) is 10.0. The van der Waals surface area contributed by atoms with E-state index in [0.29, 0.717) is 0 Å². The van der Waals surface area contributed by atoms with Gasteiger partial charge in [-0.05, 0) is 24.6 Å². The number of hydrogen-bond donors (Lipinski definition) is 0. The highest BCUT2D eigenvalue weighted by molar-refractivity contribution is 7.98. The van der Waals surface area contributed by atoms with Crippen molar-refractivity contribution >= 4 is 23.4 Å². The number of thioether (sulfide) groups is 1. The second-order valence-electron chi connectivity index (χ2n) is 3.86. The van der Waals surface area contributed by atoms with Crippen LogP contribution in [0.15, 0.2) is 24.3 Å². The fraction of sp³-hybridized carbons (Fsp3) is 0.455. The molecule has 76 valence electrons. The van der Waals surface area contributed by atoms with E-state index in [0.717, 1.165) is 23.1 Å². The zero-order valence-electron chi connectivity index (χ0n) is 8.13. The highest BCUT2D eigenvalue weighted by atomic mass is 35.5. The fourth-order valence-corrected chi connectivity index (χ4v) is 2.43. The zero-order valence-corrected chi connectivity index (χ0v) is 9.70. The van der Waals surface area contributed by atoms with Crippen LogP contribution in [0, 0.1) is 0 Å². The van der Waals surface area contributed by atoms with Crippen LogP contribution < -0.4 is 0 Å². The van der Waals surface area contributed by atoms with Crippen molar-refractivity contribution in [1.29, 1.82) is 0 Å². The van der Waals surface area contributed by atoms with Crippen LogP contribution in [0.1, 0.15) is 12.5 Å². The molecule has 1 fully saturated rings. The van der Waals surface area contributed by atoms with E-state index in [2.05, 4.69) is 19.1 Å². The van der Waals surface area contributed by atoms with Gasteiger partial charge in [-0.15, -0.1) is 0 Å². The lowest BCUT2D eigenvalue weighted by Crippen LogP contribution is -2.07. The van der Waals surface area contributed by atoms with Gasteiger partial charge in [0.2, 0.25) is 0 Å². The summed E-state index contributed by atoms with van der Waals surface area (Å²) < 4.78 is 5.31. The van der Waals surface area contributed by atoms with Gasteiger partial charge in [0.1, 0.15) is 0 Å². The first-order chi connectivity index (χ1) is 6.68. The highest BCUT2D eigenvalue weighted by Crippen LogP contribution is 2.31. The average molecular weight is 229 g/mol. The van der Waals surface area contributed by atoms with Crippen molar-refractivity contribution in [2.24, 2.45) is 0 Å². The van der Waals surface area contributed by atoms with E-state index in [9.17, 15) is 0 Å². The van der Waals surface area contributed by atoms with Crippen LogP contribution in [0.3, 0.4) is 0 Å². The molecule has 0 spiro atoms. The monoisotopic (exact) mass is 228 g/mol. The summed E-state index contributed by atoms with van der Waals surface area (Å²) in [5, 5.41) is 0.802. The van der Waals surface area contributed by atoms with Gasteiger partial charge >= 0.3 is 0 Å². The van der Waals surface area contributed by atoms with Gasteiger partial charge in [0.25, 0.3) is 0 Å². The summed E-state index contributed by atoms with van der Waals surface area (Å²) in [4.78, 5) is 0. The minimum Gasteiger partial charge on any atom is -0.369 e. The molecule has 1 aliphatic heterocycles. The van der Waals surface area contributed by atoms with Gasteiger partial charge in [0.15, 0.2) is 0 Å². The van der Waals surface area contributed by atoms with Crippen molar-refractivity contribution < 1.29 is 4.74 Å². The van der Waals surface area contributed by atoms with Crippen LogP contribution in [0.5, 0.6) is 0 Å². The maximum absolute atomic E-state index is 5.80. The number of benzene rings is 1. The third-order valence-electron chi connectivity index (χ3n) is 2.23. The quantitative estimate of drug-likeness (QED) is 0.733. The van der Waals surface area contributed by atoms with Crippen molar-refractivity contribution in [1.82, 2.24) is 0 Å². The lowest BCUT2D eigenvalue weighted by atomic mass is 10.2. The number of hydrogen-bond acceptors (Lipinski definition) is 2. The molecule has 0 radical (unpaired) electrons. The van der Waals surface area contributed by atoms with Crippen molar-refractivity contribution in [3.8, 4) is 0 Å². The van der Waals surface area contributed by atoms with Crippen LogP contribution in [-0.2, 0) is 10.5 Å². The molecular formula is C11H13ClOS. The van der Waals surface area contributed by atoms with E-state index in [4.69, 9.17) is 16.3 Å².